The Bertz CT molecular complexity index is 601. The van der Waals surface area contributed by atoms with E-state index in [1.54, 1.807) is 0 Å². The minimum absolute atomic E-state index is 0.590. The lowest BCUT2D eigenvalue weighted by molar-refractivity contribution is 0.376. The van der Waals surface area contributed by atoms with E-state index >= 15 is 0 Å². The summed E-state index contributed by atoms with van der Waals surface area (Å²) in [5.41, 5.74) is 5.21. The van der Waals surface area contributed by atoms with E-state index in [0.29, 0.717) is 5.92 Å². The number of fused-ring (bicyclic) bond motifs is 1. The predicted molar refractivity (Wildman–Crippen MR) is 81.1 cm³/mol. The third-order valence-corrected chi connectivity index (χ3v) is 4.01. The Balaban J connectivity index is 1.86. The van der Waals surface area contributed by atoms with Gasteiger partial charge in [0.15, 0.2) is 5.76 Å². The van der Waals surface area contributed by atoms with Crippen molar-refractivity contribution in [1.82, 2.24) is 5.16 Å². The summed E-state index contributed by atoms with van der Waals surface area (Å²) in [5.74, 6) is 1.54. The van der Waals surface area contributed by atoms with Crippen LogP contribution in [0.25, 0.3) is 0 Å². The topological polar surface area (TPSA) is 29.3 Å². The highest BCUT2D eigenvalue weighted by Crippen LogP contribution is 2.31. The average Bonchev–Trinajstić information content (AvgIpc) is 2.84. The van der Waals surface area contributed by atoms with Crippen LogP contribution in [0.15, 0.2) is 28.8 Å². The van der Waals surface area contributed by atoms with Gasteiger partial charge in [-0.2, -0.15) is 0 Å². The van der Waals surface area contributed by atoms with Gasteiger partial charge in [0.25, 0.3) is 0 Å². The molecule has 0 unspecified atom stereocenters. The van der Waals surface area contributed by atoms with Crippen molar-refractivity contribution in [1.29, 1.82) is 0 Å². The summed E-state index contributed by atoms with van der Waals surface area (Å²) in [6, 6.07) is 8.93. The molecule has 0 bridgehead atoms. The van der Waals surface area contributed by atoms with Crippen LogP contribution in [0.5, 0.6) is 0 Å². The van der Waals surface area contributed by atoms with Crippen LogP contribution in [0.3, 0.4) is 0 Å². The fraction of sp³-hybridized carbons (Fsp3) is 0.471. The number of hydrogen-bond donors (Lipinski definition) is 0. The van der Waals surface area contributed by atoms with Gasteiger partial charge in [0, 0.05) is 18.3 Å². The van der Waals surface area contributed by atoms with E-state index < -0.39 is 0 Å². The summed E-state index contributed by atoms with van der Waals surface area (Å²) in [7, 11) is 0. The minimum atomic E-state index is 0.590. The number of rotatable bonds is 3. The molecule has 1 aromatic heterocycles. The maximum atomic E-state index is 5.35. The van der Waals surface area contributed by atoms with Crippen LogP contribution in [0.4, 0.5) is 5.69 Å². The smallest absolute Gasteiger partial charge is 0.156 e. The average molecular weight is 270 g/mol. The number of nitrogens with zero attached hydrogens (tertiary/aromatic N) is 2. The Morgan fingerprint density at radius 2 is 2.15 bits per heavy atom. The number of aryl methyl sites for hydroxylation is 2. The molecule has 0 aliphatic carbocycles. The Labute approximate surface area is 120 Å². The van der Waals surface area contributed by atoms with Crippen molar-refractivity contribution >= 4 is 5.69 Å². The molecule has 0 atom stereocenters. The first kappa shape index (κ1) is 13.2. The summed E-state index contributed by atoms with van der Waals surface area (Å²) in [6.07, 6.45) is 2.39. The van der Waals surface area contributed by atoms with E-state index in [0.717, 1.165) is 24.5 Å². The number of aromatic nitrogens is 1. The second kappa shape index (κ2) is 5.31. The van der Waals surface area contributed by atoms with Crippen molar-refractivity contribution in [2.75, 3.05) is 11.4 Å². The van der Waals surface area contributed by atoms with Crippen molar-refractivity contribution in [2.24, 2.45) is 0 Å². The van der Waals surface area contributed by atoms with Crippen molar-refractivity contribution < 1.29 is 4.52 Å². The summed E-state index contributed by atoms with van der Waals surface area (Å²) in [4.78, 5) is 2.41. The molecule has 1 aromatic carbocycles. The summed E-state index contributed by atoms with van der Waals surface area (Å²) in [6.45, 7) is 8.37. The van der Waals surface area contributed by atoms with Crippen molar-refractivity contribution in [2.45, 2.75) is 46.1 Å². The molecule has 3 rings (SSSR count). The van der Waals surface area contributed by atoms with E-state index in [1.165, 1.54) is 29.7 Å². The highest BCUT2D eigenvalue weighted by atomic mass is 16.5. The van der Waals surface area contributed by atoms with Gasteiger partial charge in [-0.25, -0.2) is 0 Å². The molecule has 3 nitrogen and oxygen atoms in total. The fourth-order valence-corrected chi connectivity index (χ4v) is 2.90. The zero-order valence-corrected chi connectivity index (χ0v) is 12.5. The highest BCUT2D eigenvalue weighted by Gasteiger charge is 2.19. The molecule has 20 heavy (non-hydrogen) atoms. The van der Waals surface area contributed by atoms with Crippen molar-refractivity contribution in [3.63, 3.8) is 0 Å². The quantitative estimate of drug-likeness (QED) is 0.842. The van der Waals surface area contributed by atoms with E-state index in [2.05, 4.69) is 42.1 Å². The first-order valence-corrected chi connectivity index (χ1v) is 7.43. The van der Waals surface area contributed by atoms with Crippen LogP contribution in [-0.4, -0.2) is 11.7 Å². The standard InChI is InChI=1S/C17H22N2O/c1-12(2)14-6-7-17-15(10-14)5-4-8-19(17)11-16-9-13(3)18-20-16/h6-7,9-10,12H,4-5,8,11H2,1-3H3. The highest BCUT2D eigenvalue weighted by molar-refractivity contribution is 5.57. The third kappa shape index (κ3) is 2.58. The molecule has 0 saturated heterocycles. The molecule has 106 valence electrons. The number of benzene rings is 1. The summed E-state index contributed by atoms with van der Waals surface area (Å²) < 4.78 is 5.35. The van der Waals surface area contributed by atoms with Crippen LogP contribution in [0.2, 0.25) is 0 Å². The molecule has 2 aromatic rings. The van der Waals surface area contributed by atoms with E-state index in [1.807, 2.05) is 13.0 Å². The lowest BCUT2D eigenvalue weighted by Crippen LogP contribution is -2.28. The Kier molecular flexibility index (Phi) is 3.51. The lowest BCUT2D eigenvalue weighted by atomic mass is 9.95. The van der Waals surface area contributed by atoms with Gasteiger partial charge in [-0.1, -0.05) is 31.1 Å². The van der Waals surface area contributed by atoms with E-state index in [4.69, 9.17) is 4.52 Å². The molecule has 3 heteroatoms. The fourth-order valence-electron chi connectivity index (χ4n) is 2.90. The van der Waals surface area contributed by atoms with E-state index in [9.17, 15) is 0 Å². The zero-order valence-electron chi connectivity index (χ0n) is 12.5. The second-order valence-corrected chi connectivity index (χ2v) is 6.00. The Morgan fingerprint density at radius 1 is 1.30 bits per heavy atom. The number of hydrogen-bond acceptors (Lipinski definition) is 3. The molecule has 0 radical (unpaired) electrons. The maximum absolute atomic E-state index is 5.35. The molecule has 0 N–H and O–H groups in total. The number of anilines is 1. The van der Waals surface area contributed by atoms with Crippen LogP contribution in [0, 0.1) is 6.92 Å². The minimum Gasteiger partial charge on any atom is -0.364 e. The zero-order chi connectivity index (χ0) is 14.1. The molecule has 0 amide bonds. The predicted octanol–water partition coefficient (Wildman–Crippen LogP) is 4.06. The first-order valence-electron chi connectivity index (χ1n) is 7.43. The molecule has 1 aliphatic rings. The van der Waals surface area contributed by atoms with E-state index in [-0.39, 0.29) is 0 Å². The molecule has 0 saturated carbocycles. The molecule has 2 heterocycles. The van der Waals surface area contributed by atoms with Gasteiger partial charge in [-0.3, -0.25) is 0 Å². The van der Waals surface area contributed by atoms with Gasteiger partial charge in [0.05, 0.1) is 12.2 Å². The molecular weight excluding hydrogens is 248 g/mol. The van der Waals surface area contributed by atoms with Gasteiger partial charge in [-0.15, -0.1) is 0 Å². The normalized spacial score (nSPS) is 14.7. The van der Waals surface area contributed by atoms with Gasteiger partial charge < -0.3 is 9.42 Å². The van der Waals surface area contributed by atoms with Crippen LogP contribution in [-0.2, 0) is 13.0 Å². The van der Waals surface area contributed by atoms with Gasteiger partial charge in [-0.05, 0) is 42.9 Å². The van der Waals surface area contributed by atoms with Crippen molar-refractivity contribution in [3.8, 4) is 0 Å². The Morgan fingerprint density at radius 3 is 2.85 bits per heavy atom. The van der Waals surface area contributed by atoms with Crippen LogP contribution < -0.4 is 4.90 Å². The second-order valence-electron chi connectivity index (χ2n) is 6.00. The summed E-state index contributed by atoms with van der Waals surface area (Å²) in [5, 5.41) is 3.97. The largest absolute Gasteiger partial charge is 0.364 e. The molecule has 1 aliphatic heterocycles. The molecule has 0 fully saturated rings. The molecule has 0 spiro atoms. The monoisotopic (exact) mass is 270 g/mol. The van der Waals surface area contributed by atoms with Crippen LogP contribution in [0.1, 0.15) is 48.8 Å². The lowest BCUT2D eigenvalue weighted by Gasteiger charge is -2.31. The van der Waals surface area contributed by atoms with Gasteiger partial charge >= 0.3 is 0 Å². The summed E-state index contributed by atoms with van der Waals surface area (Å²) >= 11 is 0. The van der Waals surface area contributed by atoms with Gasteiger partial charge in [0.2, 0.25) is 0 Å². The van der Waals surface area contributed by atoms with Crippen molar-refractivity contribution in [3.05, 3.63) is 46.8 Å². The third-order valence-electron chi connectivity index (χ3n) is 4.01. The Hall–Kier alpha value is -1.77. The van der Waals surface area contributed by atoms with Gasteiger partial charge in [0.1, 0.15) is 0 Å². The first-order chi connectivity index (χ1) is 9.63. The maximum Gasteiger partial charge on any atom is 0.156 e. The van der Waals surface area contributed by atoms with Crippen LogP contribution >= 0.6 is 0 Å². The SMILES string of the molecule is Cc1cc(CN2CCCc3cc(C(C)C)ccc32)on1. The molecular formula is C17H22N2O.